The van der Waals surface area contributed by atoms with Crippen LogP contribution < -0.4 is 11.1 Å². The Balaban J connectivity index is 0. The molecule has 0 bridgehead atoms. The highest BCUT2D eigenvalue weighted by molar-refractivity contribution is 5.00. The Morgan fingerprint density at radius 1 is 1.20 bits per heavy atom. The largest absolute Gasteiger partial charge is 0.328 e. The molecule has 3 heteroatoms. The van der Waals surface area contributed by atoms with Gasteiger partial charge in [-0.15, -0.1) is 0 Å². The third-order valence-electron chi connectivity index (χ3n) is 3.86. The van der Waals surface area contributed by atoms with Crippen molar-refractivity contribution >= 4 is 0 Å². The van der Waals surface area contributed by atoms with Gasteiger partial charge in [-0.3, -0.25) is 0 Å². The van der Waals surface area contributed by atoms with Crippen molar-refractivity contribution in [3.05, 3.63) is 0 Å². The third kappa shape index (κ3) is 12.9. The fraction of sp³-hybridized carbons (Fsp3) is 1.00. The fourth-order valence-electron chi connectivity index (χ4n) is 1.92. The van der Waals surface area contributed by atoms with Crippen LogP contribution in [-0.2, 0) is 0 Å². The standard InChI is InChI=1S/C8H17N.C7H18N2.C2H6/c1-3-4-5-8(9-2)6-7-8;1-4-7(8)5-6-9(2)3;1-2/h9H,3-7H2,1-2H3;7H,4-6,8H2,1-3H3;1-2H3. The molecule has 0 aromatic heterocycles. The van der Waals surface area contributed by atoms with Gasteiger partial charge >= 0.3 is 0 Å². The molecule has 1 saturated carbocycles. The number of nitrogens with two attached hydrogens (primary N) is 1. The van der Waals surface area contributed by atoms with E-state index < -0.39 is 0 Å². The average Bonchev–Trinajstić information content (AvgIpc) is 3.26. The molecule has 3 nitrogen and oxygen atoms in total. The van der Waals surface area contributed by atoms with Crippen LogP contribution >= 0.6 is 0 Å². The molecule has 0 spiro atoms. The van der Waals surface area contributed by atoms with Crippen LogP contribution in [0.5, 0.6) is 0 Å². The Labute approximate surface area is 128 Å². The second-order valence-electron chi connectivity index (χ2n) is 5.89. The molecule has 124 valence electrons. The first-order valence-electron chi connectivity index (χ1n) is 8.59. The molecule has 1 aliphatic rings. The van der Waals surface area contributed by atoms with Gasteiger partial charge < -0.3 is 16.0 Å². The van der Waals surface area contributed by atoms with E-state index in [0.29, 0.717) is 11.6 Å². The predicted octanol–water partition coefficient (Wildman–Crippen LogP) is 3.63. The second kappa shape index (κ2) is 13.8. The van der Waals surface area contributed by atoms with Gasteiger partial charge in [-0.05, 0) is 59.8 Å². The molecule has 3 N–H and O–H groups in total. The van der Waals surface area contributed by atoms with Crippen LogP contribution in [0, 0.1) is 0 Å². The van der Waals surface area contributed by atoms with Crippen molar-refractivity contribution < 1.29 is 0 Å². The molecule has 0 saturated heterocycles. The van der Waals surface area contributed by atoms with Gasteiger partial charge in [0.05, 0.1) is 0 Å². The molecule has 0 amide bonds. The minimum atomic E-state index is 0.396. The lowest BCUT2D eigenvalue weighted by Gasteiger charge is -2.12. The first-order chi connectivity index (χ1) is 9.49. The van der Waals surface area contributed by atoms with Crippen LogP contribution in [0.1, 0.15) is 72.6 Å². The van der Waals surface area contributed by atoms with E-state index in [1.807, 2.05) is 13.8 Å². The molecule has 0 heterocycles. The van der Waals surface area contributed by atoms with Crippen molar-refractivity contribution in [1.82, 2.24) is 10.2 Å². The highest BCUT2D eigenvalue weighted by atomic mass is 15.0. The first kappa shape index (κ1) is 22.2. The van der Waals surface area contributed by atoms with E-state index in [1.54, 1.807) is 0 Å². The fourth-order valence-corrected chi connectivity index (χ4v) is 1.92. The van der Waals surface area contributed by atoms with Crippen molar-refractivity contribution in [3.8, 4) is 0 Å². The SMILES string of the molecule is CC.CCC(N)CCN(C)C.CCCCC1(NC)CC1. The van der Waals surface area contributed by atoms with Crippen molar-refractivity contribution in [2.24, 2.45) is 5.73 Å². The molecular formula is C17H41N3. The zero-order chi connectivity index (χ0) is 16.0. The minimum absolute atomic E-state index is 0.396. The average molecular weight is 288 g/mol. The van der Waals surface area contributed by atoms with Crippen LogP contribution in [0.4, 0.5) is 0 Å². The number of hydrogen-bond donors (Lipinski definition) is 2. The van der Waals surface area contributed by atoms with E-state index in [1.165, 1.54) is 32.1 Å². The van der Waals surface area contributed by atoms with E-state index in [2.05, 4.69) is 45.2 Å². The molecular weight excluding hydrogens is 246 g/mol. The second-order valence-corrected chi connectivity index (χ2v) is 5.89. The Hall–Kier alpha value is -0.120. The molecule has 0 aliphatic heterocycles. The summed E-state index contributed by atoms with van der Waals surface area (Å²) in [7, 11) is 6.23. The summed E-state index contributed by atoms with van der Waals surface area (Å²) >= 11 is 0. The molecule has 1 aliphatic carbocycles. The predicted molar refractivity (Wildman–Crippen MR) is 93.3 cm³/mol. The summed E-state index contributed by atoms with van der Waals surface area (Å²) in [5.41, 5.74) is 6.29. The molecule has 1 unspecified atom stereocenters. The van der Waals surface area contributed by atoms with Crippen molar-refractivity contribution in [3.63, 3.8) is 0 Å². The van der Waals surface area contributed by atoms with Crippen LogP contribution in [0.2, 0.25) is 0 Å². The highest BCUT2D eigenvalue weighted by Gasteiger charge is 2.39. The molecule has 20 heavy (non-hydrogen) atoms. The number of hydrogen-bond acceptors (Lipinski definition) is 3. The summed E-state index contributed by atoms with van der Waals surface area (Å²) in [4.78, 5) is 2.16. The zero-order valence-corrected chi connectivity index (χ0v) is 15.3. The first-order valence-corrected chi connectivity index (χ1v) is 8.59. The van der Waals surface area contributed by atoms with E-state index in [9.17, 15) is 0 Å². The Bertz CT molecular complexity index is 189. The number of unbranched alkanes of at least 4 members (excludes halogenated alkanes) is 1. The lowest BCUT2D eigenvalue weighted by Crippen LogP contribution is -2.26. The lowest BCUT2D eigenvalue weighted by molar-refractivity contribution is 0.378. The van der Waals surface area contributed by atoms with Gasteiger partial charge in [0.2, 0.25) is 0 Å². The summed E-state index contributed by atoms with van der Waals surface area (Å²) in [6, 6.07) is 0.396. The summed E-state index contributed by atoms with van der Waals surface area (Å²) in [6.07, 6.45) is 9.13. The van der Waals surface area contributed by atoms with Gasteiger partial charge in [0.15, 0.2) is 0 Å². The molecule has 0 radical (unpaired) electrons. The molecule has 1 fully saturated rings. The number of nitrogens with zero attached hydrogens (tertiary/aromatic N) is 1. The summed E-state index contributed by atoms with van der Waals surface area (Å²) in [5, 5.41) is 3.39. The maximum Gasteiger partial charge on any atom is 0.0179 e. The Morgan fingerprint density at radius 3 is 2.05 bits per heavy atom. The lowest BCUT2D eigenvalue weighted by atomic mass is 10.1. The topological polar surface area (TPSA) is 41.3 Å². The van der Waals surface area contributed by atoms with E-state index in [-0.39, 0.29) is 0 Å². The number of rotatable bonds is 8. The van der Waals surface area contributed by atoms with Crippen LogP contribution in [-0.4, -0.2) is 44.2 Å². The van der Waals surface area contributed by atoms with E-state index in [4.69, 9.17) is 5.73 Å². The van der Waals surface area contributed by atoms with Gasteiger partial charge in [0.1, 0.15) is 0 Å². The maximum absolute atomic E-state index is 5.69. The van der Waals surface area contributed by atoms with Gasteiger partial charge in [-0.25, -0.2) is 0 Å². The quantitative estimate of drug-likeness (QED) is 0.716. The smallest absolute Gasteiger partial charge is 0.0179 e. The van der Waals surface area contributed by atoms with E-state index in [0.717, 1.165) is 19.4 Å². The molecule has 1 rings (SSSR count). The van der Waals surface area contributed by atoms with Crippen LogP contribution in [0.3, 0.4) is 0 Å². The normalized spacial score (nSPS) is 16.6. The highest BCUT2D eigenvalue weighted by Crippen LogP contribution is 2.39. The van der Waals surface area contributed by atoms with Crippen molar-refractivity contribution in [2.75, 3.05) is 27.7 Å². The number of nitrogens with one attached hydrogen (secondary N) is 1. The Kier molecular flexibility index (Phi) is 15.3. The van der Waals surface area contributed by atoms with Gasteiger partial charge in [-0.2, -0.15) is 0 Å². The molecule has 0 aromatic carbocycles. The van der Waals surface area contributed by atoms with Crippen LogP contribution in [0.25, 0.3) is 0 Å². The van der Waals surface area contributed by atoms with Crippen molar-refractivity contribution in [1.29, 1.82) is 0 Å². The molecule has 1 atom stereocenters. The third-order valence-corrected chi connectivity index (χ3v) is 3.86. The van der Waals surface area contributed by atoms with E-state index >= 15 is 0 Å². The summed E-state index contributed by atoms with van der Waals surface area (Å²) in [6.45, 7) is 9.49. The monoisotopic (exact) mass is 287 g/mol. The summed E-state index contributed by atoms with van der Waals surface area (Å²) < 4.78 is 0. The van der Waals surface area contributed by atoms with Crippen molar-refractivity contribution in [2.45, 2.75) is 84.2 Å². The zero-order valence-electron chi connectivity index (χ0n) is 15.3. The molecule has 0 aromatic rings. The minimum Gasteiger partial charge on any atom is -0.328 e. The summed E-state index contributed by atoms with van der Waals surface area (Å²) in [5.74, 6) is 0. The van der Waals surface area contributed by atoms with Gasteiger partial charge in [-0.1, -0.05) is 40.5 Å². The Morgan fingerprint density at radius 2 is 1.75 bits per heavy atom. The van der Waals surface area contributed by atoms with Gasteiger partial charge in [0.25, 0.3) is 0 Å². The van der Waals surface area contributed by atoms with Crippen LogP contribution in [0.15, 0.2) is 0 Å². The van der Waals surface area contributed by atoms with Gasteiger partial charge in [0, 0.05) is 11.6 Å². The maximum atomic E-state index is 5.69.